The standard InChI is InChI=1S/C16H23NO2/c1-3-4-5-6-7-11-17(2)13-14-9-8-10-15(12-14)16(18)19/h3,8-10,12H,1,4-7,11,13H2,2H3,(H,18,19). The molecule has 0 aliphatic heterocycles. The molecule has 1 N–H and O–H groups in total. The minimum atomic E-state index is -0.867. The topological polar surface area (TPSA) is 40.5 Å². The van der Waals surface area contributed by atoms with Gasteiger partial charge in [-0.2, -0.15) is 0 Å². The Bertz CT molecular complexity index is 415. The first kappa shape index (κ1) is 15.4. The largest absolute Gasteiger partial charge is 0.478 e. The number of carboxylic acid groups (broad SMARTS) is 1. The summed E-state index contributed by atoms with van der Waals surface area (Å²) in [6, 6.07) is 7.15. The summed E-state index contributed by atoms with van der Waals surface area (Å²) in [5.74, 6) is -0.867. The molecule has 0 spiro atoms. The molecule has 0 atom stereocenters. The van der Waals surface area contributed by atoms with E-state index in [4.69, 9.17) is 5.11 Å². The van der Waals surface area contributed by atoms with Gasteiger partial charge in [-0.05, 0) is 50.6 Å². The molecule has 3 heteroatoms. The first-order chi connectivity index (χ1) is 9.13. The molecule has 0 saturated carbocycles. The molecule has 0 fully saturated rings. The van der Waals surface area contributed by atoms with Gasteiger partial charge in [0.05, 0.1) is 5.56 Å². The summed E-state index contributed by atoms with van der Waals surface area (Å²) in [6.07, 6.45) is 6.63. The van der Waals surface area contributed by atoms with E-state index in [2.05, 4.69) is 18.5 Å². The van der Waals surface area contributed by atoms with Crippen LogP contribution in [0.1, 0.15) is 41.6 Å². The molecule has 0 radical (unpaired) electrons. The number of hydrogen-bond acceptors (Lipinski definition) is 2. The van der Waals surface area contributed by atoms with Crippen LogP contribution in [-0.2, 0) is 6.54 Å². The van der Waals surface area contributed by atoms with Crippen LogP contribution in [0, 0.1) is 0 Å². The number of unbranched alkanes of at least 4 members (excludes halogenated alkanes) is 3. The lowest BCUT2D eigenvalue weighted by Gasteiger charge is -2.16. The van der Waals surface area contributed by atoms with Gasteiger partial charge in [-0.25, -0.2) is 4.79 Å². The van der Waals surface area contributed by atoms with Gasteiger partial charge in [0.15, 0.2) is 0 Å². The quantitative estimate of drug-likeness (QED) is 0.546. The molecule has 0 bridgehead atoms. The molecular weight excluding hydrogens is 238 g/mol. The lowest BCUT2D eigenvalue weighted by atomic mass is 10.1. The van der Waals surface area contributed by atoms with Crippen LogP contribution in [0.25, 0.3) is 0 Å². The predicted octanol–water partition coefficient (Wildman–Crippen LogP) is 3.56. The van der Waals surface area contributed by atoms with Crippen molar-refractivity contribution in [3.8, 4) is 0 Å². The van der Waals surface area contributed by atoms with Gasteiger partial charge in [0.2, 0.25) is 0 Å². The molecule has 1 rings (SSSR count). The Morgan fingerprint density at radius 3 is 2.84 bits per heavy atom. The molecular formula is C16H23NO2. The van der Waals surface area contributed by atoms with E-state index in [9.17, 15) is 4.79 Å². The fourth-order valence-corrected chi connectivity index (χ4v) is 2.04. The van der Waals surface area contributed by atoms with E-state index in [0.29, 0.717) is 5.56 Å². The third-order valence-corrected chi connectivity index (χ3v) is 3.07. The maximum atomic E-state index is 10.9. The van der Waals surface area contributed by atoms with E-state index in [0.717, 1.165) is 25.1 Å². The maximum absolute atomic E-state index is 10.9. The van der Waals surface area contributed by atoms with Crippen LogP contribution in [-0.4, -0.2) is 29.6 Å². The molecule has 0 saturated heterocycles. The summed E-state index contributed by atoms with van der Waals surface area (Å²) < 4.78 is 0. The SMILES string of the molecule is C=CCCCCCN(C)Cc1cccc(C(=O)O)c1. The van der Waals surface area contributed by atoms with Crippen molar-refractivity contribution in [2.24, 2.45) is 0 Å². The monoisotopic (exact) mass is 261 g/mol. The number of benzene rings is 1. The molecule has 0 amide bonds. The number of hydrogen-bond donors (Lipinski definition) is 1. The van der Waals surface area contributed by atoms with E-state index in [1.165, 1.54) is 19.3 Å². The predicted molar refractivity (Wildman–Crippen MR) is 78.4 cm³/mol. The summed E-state index contributed by atoms with van der Waals surface area (Å²) in [7, 11) is 2.07. The molecule has 3 nitrogen and oxygen atoms in total. The second-order valence-electron chi connectivity index (χ2n) is 4.88. The molecule has 0 aliphatic carbocycles. The zero-order valence-corrected chi connectivity index (χ0v) is 11.6. The van der Waals surface area contributed by atoms with E-state index in [1.807, 2.05) is 12.1 Å². The highest BCUT2D eigenvalue weighted by atomic mass is 16.4. The molecule has 1 aromatic rings. The van der Waals surface area contributed by atoms with Crippen molar-refractivity contribution in [1.82, 2.24) is 4.90 Å². The lowest BCUT2D eigenvalue weighted by molar-refractivity contribution is 0.0696. The van der Waals surface area contributed by atoms with Crippen LogP contribution >= 0.6 is 0 Å². The average Bonchev–Trinajstić information content (AvgIpc) is 2.38. The molecule has 0 aromatic heterocycles. The summed E-state index contributed by atoms with van der Waals surface area (Å²) in [5.41, 5.74) is 1.41. The van der Waals surface area contributed by atoms with Crippen molar-refractivity contribution in [2.75, 3.05) is 13.6 Å². The Kier molecular flexibility index (Phi) is 6.90. The number of nitrogens with zero attached hydrogens (tertiary/aromatic N) is 1. The number of rotatable bonds is 9. The van der Waals surface area contributed by atoms with Crippen molar-refractivity contribution in [3.05, 3.63) is 48.0 Å². The Balaban J connectivity index is 2.35. The van der Waals surface area contributed by atoms with Crippen LogP contribution in [0.5, 0.6) is 0 Å². The van der Waals surface area contributed by atoms with Gasteiger partial charge < -0.3 is 10.0 Å². The van der Waals surface area contributed by atoms with Gasteiger partial charge in [-0.15, -0.1) is 6.58 Å². The van der Waals surface area contributed by atoms with Gasteiger partial charge in [-0.1, -0.05) is 24.6 Å². The lowest BCUT2D eigenvalue weighted by Crippen LogP contribution is -2.19. The van der Waals surface area contributed by atoms with E-state index in [-0.39, 0.29) is 0 Å². The minimum Gasteiger partial charge on any atom is -0.478 e. The molecule has 19 heavy (non-hydrogen) atoms. The average molecular weight is 261 g/mol. The Hall–Kier alpha value is -1.61. The highest BCUT2D eigenvalue weighted by molar-refractivity contribution is 5.87. The molecule has 0 aliphatic rings. The fourth-order valence-electron chi connectivity index (χ4n) is 2.04. The fraction of sp³-hybridized carbons (Fsp3) is 0.438. The van der Waals surface area contributed by atoms with Gasteiger partial charge in [0.25, 0.3) is 0 Å². The van der Waals surface area contributed by atoms with Crippen LogP contribution in [0.2, 0.25) is 0 Å². The number of allylic oxidation sites excluding steroid dienone is 1. The molecule has 0 unspecified atom stereocenters. The molecule has 0 heterocycles. The van der Waals surface area contributed by atoms with E-state index < -0.39 is 5.97 Å². The van der Waals surface area contributed by atoms with Gasteiger partial charge in [0.1, 0.15) is 0 Å². The van der Waals surface area contributed by atoms with Crippen LogP contribution in [0.4, 0.5) is 0 Å². The summed E-state index contributed by atoms with van der Waals surface area (Å²) in [6.45, 7) is 5.54. The zero-order valence-electron chi connectivity index (χ0n) is 11.6. The number of aromatic carboxylic acids is 1. The summed E-state index contributed by atoms with van der Waals surface area (Å²) in [4.78, 5) is 13.1. The Labute approximate surface area is 115 Å². The highest BCUT2D eigenvalue weighted by Gasteiger charge is 2.05. The molecule has 104 valence electrons. The third kappa shape index (κ3) is 6.20. The second kappa shape index (κ2) is 8.48. The normalized spacial score (nSPS) is 10.6. The van der Waals surface area contributed by atoms with Crippen molar-refractivity contribution in [2.45, 2.75) is 32.2 Å². The first-order valence-corrected chi connectivity index (χ1v) is 6.75. The minimum absolute atomic E-state index is 0.358. The van der Waals surface area contributed by atoms with Gasteiger partial charge >= 0.3 is 5.97 Å². The van der Waals surface area contributed by atoms with Gasteiger partial charge in [-0.3, -0.25) is 0 Å². The third-order valence-electron chi connectivity index (χ3n) is 3.07. The van der Waals surface area contributed by atoms with Gasteiger partial charge in [0, 0.05) is 6.54 Å². The van der Waals surface area contributed by atoms with Crippen LogP contribution < -0.4 is 0 Å². The maximum Gasteiger partial charge on any atom is 0.335 e. The smallest absolute Gasteiger partial charge is 0.335 e. The zero-order chi connectivity index (χ0) is 14.1. The van der Waals surface area contributed by atoms with E-state index in [1.54, 1.807) is 18.2 Å². The van der Waals surface area contributed by atoms with E-state index >= 15 is 0 Å². The first-order valence-electron chi connectivity index (χ1n) is 6.75. The van der Waals surface area contributed by atoms with Crippen molar-refractivity contribution < 1.29 is 9.90 Å². The summed E-state index contributed by atoms with van der Waals surface area (Å²) >= 11 is 0. The van der Waals surface area contributed by atoms with Crippen molar-refractivity contribution in [3.63, 3.8) is 0 Å². The summed E-state index contributed by atoms with van der Waals surface area (Å²) in [5, 5.41) is 8.95. The highest BCUT2D eigenvalue weighted by Crippen LogP contribution is 2.09. The Morgan fingerprint density at radius 1 is 1.37 bits per heavy atom. The second-order valence-corrected chi connectivity index (χ2v) is 4.88. The van der Waals surface area contributed by atoms with Crippen LogP contribution in [0.15, 0.2) is 36.9 Å². The number of carboxylic acids is 1. The van der Waals surface area contributed by atoms with Crippen LogP contribution in [0.3, 0.4) is 0 Å². The number of carbonyl (C=O) groups is 1. The van der Waals surface area contributed by atoms with Crippen molar-refractivity contribution in [1.29, 1.82) is 0 Å². The molecule has 1 aromatic carbocycles. The Morgan fingerprint density at radius 2 is 2.16 bits per heavy atom. The van der Waals surface area contributed by atoms with Crippen molar-refractivity contribution >= 4 is 5.97 Å².